The Kier molecular flexibility index (Phi) is 4.04. The molecular weight excluding hydrogens is 244 g/mol. The summed E-state index contributed by atoms with van der Waals surface area (Å²) >= 11 is 1.70. The normalized spacial score (nSPS) is 11.7. The minimum absolute atomic E-state index is 0.125. The molecule has 0 saturated carbocycles. The Morgan fingerprint density at radius 3 is 2.72 bits per heavy atom. The minimum atomic E-state index is 0.125. The molecule has 1 N–H and O–H groups in total. The van der Waals surface area contributed by atoms with Crippen molar-refractivity contribution in [3.63, 3.8) is 0 Å². The van der Waals surface area contributed by atoms with Gasteiger partial charge in [-0.05, 0) is 12.1 Å². The molecule has 4 nitrogen and oxygen atoms in total. The molecule has 0 aromatic carbocycles. The number of hydrogen-bond acceptors (Lipinski definition) is 5. The molecule has 0 aliphatic carbocycles. The molecule has 2 heterocycles. The second-order valence-electron chi connectivity index (χ2n) is 5.20. The lowest BCUT2D eigenvalue weighted by Crippen LogP contribution is -2.15. The summed E-state index contributed by atoms with van der Waals surface area (Å²) < 4.78 is 0. The second kappa shape index (κ2) is 5.54. The molecule has 0 radical (unpaired) electrons. The Morgan fingerprint density at radius 2 is 2.11 bits per heavy atom. The van der Waals surface area contributed by atoms with Gasteiger partial charge in [0.25, 0.3) is 0 Å². The SMILES string of the molecule is CC(C)(C)c1csc(CNCc2cccnn2)n1. The fourth-order valence-electron chi connectivity index (χ4n) is 1.46. The van der Waals surface area contributed by atoms with Crippen LogP contribution in [0.4, 0.5) is 0 Å². The van der Waals surface area contributed by atoms with E-state index in [1.807, 2.05) is 12.1 Å². The third-order valence-corrected chi connectivity index (χ3v) is 3.38. The highest BCUT2D eigenvalue weighted by atomic mass is 32.1. The van der Waals surface area contributed by atoms with E-state index in [1.54, 1.807) is 17.5 Å². The molecule has 0 amide bonds. The summed E-state index contributed by atoms with van der Waals surface area (Å²) in [5.74, 6) is 0. The van der Waals surface area contributed by atoms with Gasteiger partial charge in [0.15, 0.2) is 0 Å². The summed E-state index contributed by atoms with van der Waals surface area (Å²) in [4.78, 5) is 4.63. The van der Waals surface area contributed by atoms with Gasteiger partial charge in [0.05, 0.1) is 11.4 Å². The lowest BCUT2D eigenvalue weighted by Gasteiger charge is -2.14. The van der Waals surface area contributed by atoms with Gasteiger partial charge >= 0.3 is 0 Å². The molecule has 0 aliphatic rings. The monoisotopic (exact) mass is 262 g/mol. The second-order valence-corrected chi connectivity index (χ2v) is 6.14. The van der Waals surface area contributed by atoms with Gasteiger partial charge in [0, 0.05) is 30.1 Å². The van der Waals surface area contributed by atoms with Crippen molar-refractivity contribution >= 4 is 11.3 Å². The number of hydrogen-bond donors (Lipinski definition) is 1. The Bertz CT molecular complexity index is 487. The Labute approximate surface area is 111 Å². The summed E-state index contributed by atoms with van der Waals surface area (Å²) in [5.41, 5.74) is 2.23. The summed E-state index contributed by atoms with van der Waals surface area (Å²) in [6, 6.07) is 3.85. The van der Waals surface area contributed by atoms with E-state index in [4.69, 9.17) is 0 Å². The highest BCUT2D eigenvalue weighted by Crippen LogP contribution is 2.23. The summed E-state index contributed by atoms with van der Waals surface area (Å²) in [7, 11) is 0. The smallest absolute Gasteiger partial charge is 0.107 e. The molecule has 2 aromatic rings. The number of thiazole rings is 1. The molecule has 96 valence electrons. The van der Waals surface area contributed by atoms with E-state index >= 15 is 0 Å². The van der Waals surface area contributed by atoms with E-state index in [9.17, 15) is 0 Å². The van der Waals surface area contributed by atoms with Gasteiger partial charge in [-0.25, -0.2) is 4.98 Å². The van der Waals surface area contributed by atoms with Crippen LogP contribution in [0.2, 0.25) is 0 Å². The first-order chi connectivity index (χ1) is 8.55. The maximum Gasteiger partial charge on any atom is 0.107 e. The lowest BCUT2D eigenvalue weighted by molar-refractivity contribution is 0.568. The average Bonchev–Trinajstić information content (AvgIpc) is 2.79. The van der Waals surface area contributed by atoms with Crippen molar-refractivity contribution in [1.29, 1.82) is 0 Å². The predicted molar refractivity (Wildman–Crippen MR) is 73.4 cm³/mol. The zero-order valence-corrected chi connectivity index (χ0v) is 11.8. The van der Waals surface area contributed by atoms with Crippen LogP contribution in [0.3, 0.4) is 0 Å². The van der Waals surface area contributed by atoms with Crippen LogP contribution in [0.5, 0.6) is 0 Å². The van der Waals surface area contributed by atoms with E-state index in [0.29, 0.717) is 0 Å². The minimum Gasteiger partial charge on any atom is -0.305 e. The number of aromatic nitrogens is 3. The van der Waals surface area contributed by atoms with Crippen LogP contribution >= 0.6 is 11.3 Å². The molecular formula is C13H18N4S. The van der Waals surface area contributed by atoms with Crippen molar-refractivity contribution in [3.8, 4) is 0 Å². The van der Waals surface area contributed by atoms with Crippen molar-refractivity contribution in [3.05, 3.63) is 40.1 Å². The first-order valence-corrected chi connectivity index (χ1v) is 6.86. The zero-order chi connectivity index (χ0) is 13.0. The number of rotatable bonds is 4. The molecule has 5 heteroatoms. The first kappa shape index (κ1) is 13.1. The van der Waals surface area contributed by atoms with Gasteiger partial charge < -0.3 is 5.32 Å². The highest BCUT2D eigenvalue weighted by Gasteiger charge is 2.17. The molecule has 0 saturated heterocycles. The fourth-order valence-corrected chi connectivity index (χ4v) is 2.45. The fraction of sp³-hybridized carbons (Fsp3) is 0.462. The third kappa shape index (κ3) is 3.58. The molecule has 2 aromatic heterocycles. The topological polar surface area (TPSA) is 50.7 Å². The molecule has 0 atom stereocenters. The number of nitrogens with one attached hydrogen (secondary N) is 1. The van der Waals surface area contributed by atoms with E-state index < -0.39 is 0 Å². The third-order valence-electron chi connectivity index (χ3n) is 2.53. The largest absolute Gasteiger partial charge is 0.305 e. The standard InChI is InChI=1S/C13H18N4S/c1-13(2,3)11-9-18-12(16-11)8-14-7-10-5-4-6-15-17-10/h4-6,9,14H,7-8H2,1-3H3. The van der Waals surface area contributed by atoms with Gasteiger partial charge in [-0.3, -0.25) is 0 Å². The van der Waals surface area contributed by atoms with Crippen molar-refractivity contribution in [2.75, 3.05) is 0 Å². The van der Waals surface area contributed by atoms with E-state index in [1.165, 1.54) is 0 Å². The van der Waals surface area contributed by atoms with E-state index in [2.05, 4.69) is 46.6 Å². The summed E-state index contributed by atoms with van der Waals surface area (Å²) in [5, 5.41) is 14.4. The molecule has 0 spiro atoms. The Morgan fingerprint density at radius 1 is 1.28 bits per heavy atom. The van der Waals surface area contributed by atoms with Crippen molar-refractivity contribution < 1.29 is 0 Å². The number of nitrogens with zero attached hydrogens (tertiary/aromatic N) is 3. The summed E-state index contributed by atoms with van der Waals surface area (Å²) in [6.07, 6.45) is 1.68. The van der Waals surface area contributed by atoms with Crippen molar-refractivity contribution in [1.82, 2.24) is 20.5 Å². The molecule has 2 rings (SSSR count). The predicted octanol–water partition coefficient (Wildman–Crippen LogP) is 2.52. The van der Waals surface area contributed by atoms with Gasteiger partial charge in [-0.15, -0.1) is 11.3 Å². The van der Waals surface area contributed by atoms with Crippen LogP contribution < -0.4 is 5.32 Å². The van der Waals surface area contributed by atoms with Crippen LogP contribution in [0.25, 0.3) is 0 Å². The van der Waals surface area contributed by atoms with Crippen LogP contribution in [-0.2, 0) is 18.5 Å². The van der Waals surface area contributed by atoms with E-state index in [0.717, 1.165) is 29.5 Å². The van der Waals surface area contributed by atoms with Crippen LogP contribution in [-0.4, -0.2) is 15.2 Å². The summed E-state index contributed by atoms with van der Waals surface area (Å²) in [6.45, 7) is 8.03. The van der Waals surface area contributed by atoms with Gasteiger partial charge in [0.1, 0.15) is 5.01 Å². The molecule has 0 fully saturated rings. The molecule has 0 aliphatic heterocycles. The Hall–Kier alpha value is -1.33. The quantitative estimate of drug-likeness (QED) is 0.920. The van der Waals surface area contributed by atoms with Crippen molar-refractivity contribution in [2.45, 2.75) is 39.3 Å². The molecule has 0 unspecified atom stereocenters. The van der Waals surface area contributed by atoms with Crippen LogP contribution in [0, 0.1) is 0 Å². The zero-order valence-electron chi connectivity index (χ0n) is 11.0. The van der Waals surface area contributed by atoms with Gasteiger partial charge in [-0.1, -0.05) is 20.8 Å². The highest BCUT2D eigenvalue weighted by molar-refractivity contribution is 7.09. The Balaban J connectivity index is 1.86. The lowest BCUT2D eigenvalue weighted by atomic mass is 9.93. The maximum absolute atomic E-state index is 4.63. The van der Waals surface area contributed by atoms with Gasteiger partial charge in [0.2, 0.25) is 0 Å². The van der Waals surface area contributed by atoms with Crippen molar-refractivity contribution in [2.24, 2.45) is 0 Å². The van der Waals surface area contributed by atoms with Crippen LogP contribution in [0.1, 0.15) is 37.2 Å². The van der Waals surface area contributed by atoms with Crippen LogP contribution in [0.15, 0.2) is 23.7 Å². The molecule has 0 bridgehead atoms. The van der Waals surface area contributed by atoms with Gasteiger partial charge in [-0.2, -0.15) is 10.2 Å². The maximum atomic E-state index is 4.63. The first-order valence-electron chi connectivity index (χ1n) is 5.98. The molecule has 18 heavy (non-hydrogen) atoms. The average molecular weight is 262 g/mol. The van der Waals surface area contributed by atoms with E-state index in [-0.39, 0.29) is 5.41 Å².